The van der Waals surface area contributed by atoms with Gasteiger partial charge < -0.3 is 10.5 Å². The maximum absolute atomic E-state index is 6.05. The Kier molecular flexibility index (Phi) is 5.06. The second kappa shape index (κ2) is 6.59. The number of hydrogen-bond donors (Lipinski definition) is 1. The van der Waals surface area contributed by atoms with Gasteiger partial charge in [0, 0.05) is 19.1 Å². The summed E-state index contributed by atoms with van der Waals surface area (Å²) < 4.78 is 5.23. The van der Waals surface area contributed by atoms with E-state index in [-0.39, 0.29) is 0 Å². The van der Waals surface area contributed by atoms with Gasteiger partial charge >= 0.3 is 0 Å². The van der Waals surface area contributed by atoms with Gasteiger partial charge in [-0.1, -0.05) is 26.0 Å². The standard InChI is InChI=1S/C17H28N2O/c1-4-17(5-2)10-11-19(13-17)16(12-18)14-6-8-15(20-3)9-7-14/h6-9,16H,4-5,10-13,18H2,1-3H3. The smallest absolute Gasteiger partial charge is 0.118 e. The van der Waals surface area contributed by atoms with E-state index in [0.717, 1.165) is 12.3 Å². The van der Waals surface area contributed by atoms with Gasteiger partial charge in [-0.3, -0.25) is 4.90 Å². The van der Waals surface area contributed by atoms with Gasteiger partial charge in [0.15, 0.2) is 0 Å². The first kappa shape index (κ1) is 15.3. The van der Waals surface area contributed by atoms with Crippen LogP contribution in [-0.4, -0.2) is 31.6 Å². The number of methoxy groups -OCH3 is 1. The molecule has 1 aliphatic heterocycles. The van der Waals surface area contributed by atoms with Crippen LogP contribution in [0.5, 0.6) is 5.75 Å². The average Bonchev–Trinajstić information content (AvgIpc) is 2.94. The van der Waals surface area contributed by atoms with Crippen molar-refractivity contribution in [1.29, 1.82) is 0 Å². The first-order valence-electron chi connectivity index (χ1n) is 7.76. The van der Waals surface area contributed by atoms with Crippen LogP contribution < -0.4 is 10.5 Å². The molecule has 0 radical (unpaired) electrons. The third kappa shape index (κ3) is 2.99. The molecule has 1 unspecified atom stereocenters. The lowest BCUT2D eigenvalue weighted by Gasteiger charge is -2.31. The van der Waals surface area contributed by atoms with Gasteiger partial charge in [-0.05, 0) is 48.9 Å². The SMILES string of the molecule is CCC1(CC)CCN(C(CN)c2ccc(OC)cc2)C1. The van der Waals surface area contributed by atoms with Gasteiger partial charge in [0.2, 0.25) is 0 Å². The maximum Gasteiger partial charge on any atom is 0.118 e. The van der Waals surface area contributed by atoms with Crippen molar-refractivity contribution in [2.45, 2.75) is 39.2 Å². The van der Waals surface area contributed by atoms with Gasteiger partial charge in [0.1, 0.15) is 5.75 Å². The van der Waals surface area contributed by atoms with E-state index in [1.165, 1.54) is 31.4 Å². The maximum atomic E-state index is 6.05. The van der Waals surface area contributed by atoms with Gasteiger partial charge in [-0.15, -0.1) is 0 Å². The minimum absolute atomic E-state index is 0.334. The molecule has 1 aliphatic rings. The van der Waals surface area contributed by atoms with E-state index >= 15 is 0 Å². The van der Waals surface area contributed by atoms with Crippen molar-refractivity contribution in [1.82, 2.24) is 4.90 Å². The summed E-state index contributed by atoms with van der Waals surface area (Å²) in [5.74, 6) is 0.905. The van der Waals surface area contributed by atoms with Crippen molar-refractivity contribution in [3.63, 3.8) is 0 Å². The van der Waals surface area contributed by atoms with Crippen LogP contribution in [0.4, 0.5) is 0 Å². The highest BCUT2D eigenvalue weighted by Crippen LogP contribution is 2.40. The number of benzene rings is 1. The van der Waals surface area contributed by atoms with E-state index < -0.39 is 0 Å². The van der Waals surface area contributed by atoms with E-state index in [1.54, 1.807) is 7.11 Å². The minimum atomic E-state index is 0.334. The fourth-order valence-electron chi connectivity index (χ4n) is 3.38. The summed E-state index contributed by atoms with van der Waals surface area (Å²) in [4.78, 5) is 2.56. The Bertz CT molecular complexity index is 412. The molecule has 0 spiro atoms. The summed E-state index contributed by atoms with van der Waals surface area (Å²) >= 11 is 0. The molecular formula is C17H28N2O. The largest absolute Gasteiger partial charge is 0.497 e. The summed E-state index contributed by atoms with van der Waals surface area (Å²) in [6.07, 6.45) is 3.83. The summed E-state index contributed by atoms with van der Waals surface area (Å²) in [5.41, 5.74) is 7.86. The summed E-state index contributed by atoms with van der Waals surface area (Å²) in [6.45, 7) is 7.65. The molecule has 0 saturated carbocycles. The normalized spacial score (nSPS) is 20.0. The molecule has 0 aliphatic carbocycles. The fourth-order valence-corrected chi connectivity index (χ4v) is 3.38. The lowest BCUT2D eigenvalue weighted by molar-refractivity contribution is 0.197. The fraction of sp³-hybridized carbons (Fsp3) is 0.647. The van der Waals surface area contributed by atoms with Crippen LogP contribution >= 0.6 is 0 Å². The van der Waals surface area contributed by atoms with Crippen LogP contribution in [0.25, 0.3) is 0 Å². The molecule has 20 heavy (non-hydrogen) atoms. The van der Waals surface area contributed by atoms with E-state index in [0.29, 0.717) is 18.0 Å². The molecule has 3 nitrogen and oxygen atoms in total. The van der Waals surface area contributed by atoms with Crippen LogP contribution in [0.15, 0.2) is 24.3 Å². The zero-order valence-electron chi connectivity index (χ0n) is 13.1. The van der Waals surface area contributed by atoms with Crippen molar-refractivity contribution >= 4 is 0 Å². The highest BCUT2D eigenvalue weighted by Gasteiger charge is 2.37. The number of rotatable bonds is 6. The average molecular weight is 276 g/mol. The number of nitrogens with two attached hydrogens (primary N) is 1. The van der Waals surface area contributed by atoms with E-state index in [9.17, 15) is 0 Å². The molecule has 2 N–H and O–H groups in total. The van der Waals surface area contributed by atoms with Gasteiger partial charge in [-0.25, -0.2) is 0 Å². The summed E-state index contributed by atoms with van der Waals surface area (Å²) in [6, 6.07) is 8.69. The highest BCUT2D eigenvalue weighted by molar-refractivity contribution is 5.29. The third-order valence-corrected chi connectivity index (χ3v) is 5.13. The molecule has 1 heterocycles. The Morgan fingerprint density at radius 2 is 1.90 bits per heavy atom. The molecule has 112 valence electrons. The van der Waals surface area contributed by atoms with Crippen molar-refractivity contribution < 1.29 is 4.74 Å². The summed E-state index contributed by atoms with van der Waals surface area (Å²) in [7, 11) is 1.70. The molecule has 1 atom stereocenters. The minimum Gasteiger partial charge on any atom is -0.497 e. The van der Waals surface area contributed by atoms with E-state index in [1.807, 2.05) is 12.1 Å². The Morgan fingerprint density at radius 3 is 2.35 bits per heavy atom. The van der Waals surface area contributed by atoms with Crippen molar-refractivity contribution in [2.75, 3.05) is 26.7 Å². The number of hydrogen-bond acceptors (Lipinski definition) is 3. The first-order chi connectivity index (χ1) is 9.68. The predicted molar refractivity (Wildman–Crippen MR) is 84.0 cm³/mol. The molecule has 1 saturated heterocycles. The molecule has 0 amide bonds. The van der Waals surface area contributed by atoms with Crippen molar-refractivity contribution in [2.24, 2.45) is 11.1 Å². The Hall–Kier alpha value is -1.06. The molecule has 0 aromatic heterocycles. The van der Waals surface area contributed by atoms with Crippen LogP contribution in [-0.2, 0) is 0 Å². The zero-order chi connectivity index (χ0) is 14.6. The molecule has 2 rings (SSSR count). The Morgan fingerprint density at radius 1 is 1.25 bits per heavy atom. The Labute approximate surface area is 123 Å². The van der Waals surface area contributed by atoms with E-state index in [4.69, 9.17) is 10.5 Å². The first-order valence-corrected chi connectivity index (χ1v) is 7.76. The lowest BCUT2D eigenvalue weighted by atomic mass is 9.82. The number of likely N-dealkylation sites (tertiary alicyclic amines) is 1. The topological polar surface area (TPSA) is 38.5 Å². The number of ether oxygens (including phenoxy) is 1. The van der Waals surface area contributed by atoms with Crippen LogP contribution in [0, 0.1) is 5.41 Å². The highest BCUT2D eigenvalue weighted by atomic mass is 16.5. The van der Waals surface area contributed by atoms with Crippen LogP contribution in [0.1, 0.15) is 44.7 Å². The molecular weight excluding hydrogens is 248 g/mol. The number of nitrogens with zero attached hydrogens (tertiary/aromatic N) is 1. The Balaban J connectivity index is 2.12. The van der Waals surface area contributed by atoms with Crippen LogP contribution in [0.2, 0.25) is 0 Å². The summed E-state index contributed by atoms with van der Waals surface area (Å²) in [5, 5.41) is 0. The molecule has 1 aromatic rings. The van der Waals surface area contributed by atoms with Crippen molar-refractivity contribution in [3.8, 4) is 5.75 Å². The van der Waals surface area contributed by atoms with Gasteiger partial charge in [0.25, 0.3) is 0 Å². The van der Waals surface area contributed by atoms with Gasteiger partial charge in [-0.2, -0.15) is 0 Å². The third-order valence-electron chi connectivity index (χ3n) is 5.13. The molecule has 1 aromatic carbocycles. The lowest BCUT2D eigenvalue weighted by Crippen LogP contribution is -2.34. The quantitative estimate of drug-likeness (QED) is 0.867. The second-order valence-electron chi connectivity index (χ2n) is 5.95. The molecule has 0 bridgehead atoms. The van der Waals surface area contributed by atoms with Crippen molar-refractivity contribution in [3.05, 3.63) is 29.8 Å². The van der Waals surface area contributed by atoms with E-state index in [2.05, 4.69) is 30.9 Å². The second-order valence-corrected chi connectivity index (χ2v) is 5.95. The van der Waals surface area contributed by atoms with Gasteiger partial charge in [0.05, 0.1) is 7.11 Å². The molecule has 3 heteroatoms. The monoisotopic (exact) mass is 276 g/mol. The van der Waals surface area contributed by atoms with Crippen LogP contribution in [0.3, 0.4) is 0 Å². The zero-order valence-corrected chi connectivity index (χ0v) is 13.1. The molecule has 1 fully saturated rings. The predicted octanol–water partition coefficient (Wildman–Crippen LogP) is 3.21.